The van der Waals surface area contributed by atoms with Gasteiger partial charge in [-0.1, -0.05) is 54.6 Å². The number of hydrogen-bond donors (Lipinski definition) is 2. The molecule has 1 aliphatic carbocycles. The van der Waals surface area contributed by atoms with Crippen LogP contribution in [0.25, 0.3) is 0 Å². The second kappa shape index (κ2) is 7.21. The van der Waals surface area contributed by atoms with Crippen LogP contribution in [0.1, 0.15) is 39.9 Å². The van der Waals surface area contributed by atoms with Crippen molar-refractivity contribution in [1.82, 2.24) is 0 Å². The summed E-state index contributed by atoms with van der Waals surface area (Å²) in [6.45, 7) is 0. The van der Waals surface area contributed by atoms with Crippen molar-refractivity contribution in [3.63, 3.8) is 0 Å². The van der Waals surface area contributed by atoms with Crippen LogP contribution >= 0.6 is 0 Å². The van der Waals surface area contributed by atoms with Gasteiger partial charge in [-0.05, 0) is 53.8 Å². The lowest BCUT2D eigenvalue weighted by atomic mass is 9.76. The molecule has 0 spiro atoms. The quantitative estimate of drug-likeness (QED) is 0.552. The molecule has 3 atom stereocenters. The molecule has 0 aromatic heterocycles. The average Bonchev–Trinajstić information content (AvgIpc) is 3.24. The predicted molar refractivity (Wildman–Crippen MR) is 114 cm³/mol. The van der Waals surface area contributed by atoms with Gasteiger partial charge in [-0.3, -0.25) is 4.79 Å². The Labute approximate surface area is 169 Å². The number of allylic oxidation sites excluding steroid dienone is 2. The van der Waals surface area contributed by atoms with Crippen LogP contribution in [0.3, 0.4) is 0 Å². The number of carbonyl (C=O) groups excluding carboxylic acids is 1. The van der Waals surface area contributed by atoms with Gasteiger partial charge in [-0.25, -0.2) is 4.39 Å². The van der Waals surface area contributed by atoms with Crippen molar-refractivity contribution in [3.8, 4) is 0 Å². The van der Waals surface area contributed by atoms with Crippen molar-refractivity contribution in [1.29, 1.82) is 0 Å². The smallest absolute Gasteiger partial charge is 0.257 e. The van der Waals surface area contributed by atoms with E-state index in [1.165, 1.54) is 12.1 Å². The molecule has 1 aliphatic heterocycles. The molecule has 3 unspecified atom stereocenters. The largest absolute Gasteiger partial charge is 0.377 e. The number of halogens is 1. The Balaban J connectivity index is 1.53. The molecule has 1 amide bonds. The number of amides is 1. The number of para-hydroxylation sites is 2. The lowest BCUT2D eigenvalue weighted by molar-refractivity contribution is 0.102. The fourth-order valence-electron chi connectivity index (χ4n) is 4.53. The monoisotopic (exact) mass is 384 g/mol. The Morgan fingerprint density at radius 3 is 2.55 bits per heavy atom. The Hall–Kier alpha value is -3.40. The molecule has 2 N–H and O–H groups in total. The SMILES string of the molecule is O=C(Nc1ccccc1)c1cccc2c1NC(c1ccc(F)cc1)C1CC=CC21. The molecule has 0 saturated carbocycles. The summed E-state index contributed by atoms with van der Waals surface area (Å²) in [6, 6.07) is 22.0. The van der Waals surface area contributed by atoms with Crippen LogP contribution in [-0.4, -0.2) is 5.91 Å². The van der Waals surface area contributed by atoms with Crippen LogP contribution in [0, 0.1) is 11.7 Å². The first-order valence-electron chi connectivity index (χ1n) is 9.89. The number of nitrogens with one attached hydrogen (secondary N) is 2. The second-order valence-corrected chi connectivity index (χ2v) is 7.62. The third-order valence-electron chi connectivity index (χ3n) is 5.90. The van der Waals surface area contributed by atoms with Crippen LogP contribution in [0.5, 0.6) is 0 Å². The summed E-state index contributed by atoms with van der Waals surface area (Å²) < 4.78 is 13.5. The highest BCUT2D eigenvalue weighted by Gasteiger charge is 2.39. The van der Waals surface area contributed by atoms with E-state index in [0.29, 0.717) is 11.5 Å². The molecule has 3 aromatic rings. The predicted octanol–water partition coefficient (Wildman–Crippen LogP) is 5.90. The van der Waals surface area contributed by atoms with E-state index in [-0.39, 0.29) is 23.7 Å². The van der Waals surface area contributed by atoms with Gasteiger partial charge in [0.1, 0.15) is 5.82 Å². The second-order valence-electron chi connectivity index (χ2n) is 7.62. The third-order valence-corrected chi connectivity index (χ3v) is 5.90. The topological polar surface area (TPSA) is 41.1 Å². The van der Waals surface area contributed by atoms with Crippen molar-refractivity contribution in [2.24, 2.45) is 5.92 Å². The fraction of sp³-hybridized carbons (Fsp3) is 0.160. The Bertz CT molecular complexity index is 1080. The van der Waals surface area contributed by atoms with Crippen LogP contribution in [0.4, 0.5) is 15.8 Å². The normalized spacial score (nSPS) is 21.8. The summed E-state index contributed by atoms with van der Waals surface area (Å²) in [5, 5.41) is 6.60. The number of anilines is 2. The summed E-state index contributed by atoms with van der Waals surface area (Å²) in [7, 11) is 0. The summed E-state index contributed by atoms with van der Waals surface area (Å²) >= 11 is 0. The van der Waals surface area contributed by atoms with Gasteiger partial charge < -0.3 is 10.6 Å². The molecule has 5 rings (SSSR count). The first kappa shape index (κ1) is 17.7. The molecule has 2 aliphatic rings. The molecular weight excluding hydrogens is 363 g/mol. The minimum absolute atomic E-state index is 0.0220. The molecule has 1 heterocycles. The number of carbonyl (C=O) groups is 1. The molecular formula is C25H21FN2O. The van der Waals surface area contributed by atoms with Gasteiger partial charge >= 0.3 is 0 Å². The van der Waals surface area contributed by atoms with Crippen LogP contribution in [-0.2, 0) is 0 Å². The van der Waals surface area contributed by atoms with Gasteiger partial charge in [0.2, 0.25) is 0 Å². The highest BCUT2D eigenvalue weighted by atomic mass is 19.1. The van der Waals surface area contributed by atoms with Crippen molar-refractivity contribution in [2.45, 2.75) is 18.4 Å². The van der Waals surface area contributed by atoms with E-state index in [2.05, 4.69) is 28.9 Å². The number of benzene rings is 3. The first-order valence-corrected chi connectivity index (χ1v) is 9.89. The maximum atomic E-state index is 13.5. The minimum Gasteiger partial charge on any atom is -0.377 e. The molecule has 0 saturated heterocycles. The molecule has 0 bridgehead atoms. The lowest BCUT2D eigenvalue weighted by Gasteiger charge is -2.38. The van der Waals surface area contributed by atoms with E-state index in [9.17, 15) is 9.18 Å². The Kier molecular flexibility index (Phi) is 4.39. The van der Waals surface area contributed by atoms with E-state index in [1.54, 1.807) is 0 Å². The maximum Gasteiger partial charge on any atom is 0.257 e. The van der Waals surface area contributed by atoms with Gasteiger partial charge in [0.25, 0.3) is 5.91 Å². The van der Waals surface area contributed by atoms with Gasteiger partial charge in [0.15, 0.2) is 0 Å². The van der Waals surface area contributed by atoms with E-state index >= 15 is 0 Å². The molecule has 4 heteroatoms. The van der Waals surface area contributed by atoms with Gasteiger partial charge in [-0.15, -0.1) is 0 Å². The van der Waals surface area contributed by atoms with Crippen LogP contribution in [0.2, 0.25) is 0 Å². The molecule has 3 aromatic carbocycles. The zero-order valence-corrected chi connectivity index (χ0v) is 15.8. The Morgan fingerprint density at radius 1 is 0.966 bits per heavy atom. The van der Waals surface area contributed by atoms with E-state index in [4.69, 9.17) is 0 Å². The highest BCUT2D eigenvalue weighted by molar-refractivity contribution is 6.08. The zero-order valence-electron chi connectivity index (χ0n) is 15.8. The molecule has 0 fully saturated rings. The standard InChI is InChI=1S/C25H21FN2O/c26-17-14-12-16(13-15-17)23-20-9-4-8-19(20)21-10-5-11-22(24(21)28-23)25(29)27-18-6-2-1-3-7-18/h1-8,10-15,19-20,23,28H,9H2,(H,27,29). The van der Waals surface area contributed by atoms with Gasteiger partial charge in [0.05, 0.1) is 17.3 Å². The average molecular weight is 384 g/mol. The number of rotatable bonds is 3. The molecule has 3 nitrogen and oxygen atoms in total. The van der Waals surface area contributed by atoms with E-state index in [1.807, 2.05) is 54.6 Å². The molecule has 0 radical (unpaired) electrons. The number of fused-ring (bicyclic) bond motifs is 3. The minimum atomic E-state index is -0.242. The summed E-state index contributed by atoms with van der Waals surface area (Å²) in [6.07, 6.45) is 5.40. The van der Waals surface area contributed by atoms with Gasteiger partial charge in [-0.2, -0.15) is 0 Å². The summed E-state index contributed by atoms with van der Waals surface area (Å²) in [5.74, 6) is 0.207. The maximum absolute atomic E-state index is 13.5. The zero-order chi connectivity index (χ0) is 19.8. The van der Waals surface area contributed by atoms with E-state index < -0.39 is 0 Å². The molecule has 29 heavy (non-hydrogen) atoms. The Morgan fingerprint density at radius 2 is 1.76 bits per heavy atom. The first-order chi connectivity index (χ1) is 14.2. The highest BCUT2D eigenvalue weighted by Crippen LogP contribution is 2.50. The van der Waals surface area contributed by atoms with Crippen molar-refractivity contribution in [3.05, 3.63) is 107 Å². The summed E-state index contributed by atoms with van der Waals surface area (Å²) in [4.78, 5) is 13.0. The van der Waals surface area contributed by atoms with E-state index in [0.717, 1.165) is 28.9 Å². The van der Waals surface area contributed by atoms with Crippen molar-refractivity contribution in [2.75, 3.05) is 10.6 Å². The van der Waals surface area contributed by atoms with Crippen LogP contribution in [0.15, 0.2) is 84.9 Å². The van der Waals surface area contributed by atoms with Gasteiger partial charge in [0, 0.05) is 11.6 Å². The third kappa shape index (κ3) is 3.21. The van der Waals surface area contributed by atoms with Crippen LogP contribution < -0.4 is 10.6 Å². The summed E-state index contributed by atoms with van der Waals surface area (Å²) in [5.41, 5.74) is 4.43. The van der Waals surface area contributed by atoms with Crippen molar-refractivity contribution < 1.29 is 9.18 Å². The molecule has 144 valence electrons. The van der Waals surface area contributed by atoms with Crippen molar-refractivity contribution >= 4 is 17.3 Å². The number of hydrogen-bond acceptors (Lipinski definition) is 2. The lowest BCUT2D eigenvalue weighted by Crippen LogP contribution is -2.30. The fourth-order valence-corrected chi connectivity index (χ4v) is 4.53.